The zero-order valence-electron chi connectivity index (χ0n) is 24.9. The number of hydrogen-bond acceptors (Lipinski definition) is 3. The molecular weight excluding hydrogens is 482 g/mol. The summed E-state index contributed by atoms with van der Waals surface area (Å²) in [6.45, 7) is 14.3. The molecular formula is C35H49NO3. The van der Waals surface area contributed by atoms with E-state index in [1.54, 1.807) is 5.06 Å². The molecule has 2 bridgehead atoms. The molecule has 1 amide bonds. The van der Waals surface area contributed by atoms with Crippen molar-refractivity contribution in [2.75, 3.05) is 0 Å². The lowest BCUT2D eigenvalue weighted by molar-refractivity contribution is -0.380. The largest absolute Gasteiger partial charge is 0.393 e. The predicted molar refractivity (Wildman–Crippen MR) is 156 cm³/mol. The van der Waals surface area contributed by atoms with E-state index >= 15 is 0 Å². The van der Waals surface area contributed by atoms with Gasteiger partial charge in [-0.1, -0.05) is 84.0 Å². The number of nitrogens with zero attached hydrogens (tertiary/aromatic N) is 1. The van der Waals surface area contributed by atoms with Crippen molar-refractivity contribution in [3.63, 3.8) is 0 Å². The summed E-state index contributed by atoms with van der Waals surface area (Å²) in [5.41, 5.74) is -0.390. The molecule has 4 heteroatoms. The molecule has 3 saturated carbocycles. The minimum absolute atomic E-state index is 0.0705. The van der Waals surface area contributed by atoms with Gasteiger partial charge in [0.2, 0.25) is 0 Å². The Labute approximate surface area is 235 Å². The summed E-state index contributed by atoms with van der Waals surface area (Å²) in [6.07, 6.45) is 16.1. The highest BCUT2D eigenvalue weighted by Crippen LogP contribution is 2.73. The number of fused-ring (bicyclic) bond motifs is 2. The van der Waals surface area contributed by atoms with Gasteiger partial charge in [0.05, 0.1) is 11.6 Å². The van der Waals surface area contributed by atoms with Crippen LogP contribution in [0, 0.1) is 46.3 Å². The molecule has 6 aliphatic rings. The summed E-state index contributed by atoms with van der Waals surface area (Å²) < 4.78 is 0. The summed E-state index contributed by atoms with van der Waals surface area (Å²) in [7, 11) is 0. The monoisotopic (exact) mass is 531 g/mol. The van der Waals surface area contributed by atoms with Gasteiger partial charge in [-0.05, 0) is 79.7 Å². The van der Waals surface area contributed by atoms with Crippen LogP contribution in [-0.4, -0.2) is 33.3 Å². The second kappa shape index (κ2) is 9.31. The molecule has 1 saturated heterocycles. The molecule has 7 rings (SSSR count). The van der Waals surface area contributed by atoms with E-state index in [4.69, 9.17) is 4.84 Å². The topological polar surface area (TPSA) is 49.8 Å². The Hall–Kier alpha value is -1.91. The number of amides is 1. The third-order valence-corrected chi connectivity index (χ3v) is 12.6. The molecule has 1 aromatic rings. The van der Waals surface area contributed by atoms with Crippen molar-refractivity contribution in [3.8, 4) is 0 Å². The Kier molecular flexibility index (Phi) is 6.51. The SMILES string of the molecule is CC(C)[C@@H](C)/C=C/[C@@H](C)[C@H]1CC[C@@H]2[C@]1(C)CC[C@H]1[C@]23C=C[C@]2(C[C@@H](O)CC[C@]12C)N(C(=O)c1ccccc1)O3. The summed E-state index contributed by atoms with van der Waals surface area (Å²) in [5, 5.41) is 12.7. The number of aliphatic hydroxyl groups excluding tert-OH is 1. The van der Waals surface area contributed by atoms with Crippen molar-refractivity contribution in [2.24, 2.45) is 46.3 Å². The van der Waals surface area contributed by atoms with E-state index in [2.05, 4.69) is 65.8 Å². The molecule has 10 atom stereocenters. The third kappa shape index (κ3) is 3.73. The average Bonchev–Trinajstić information content (AvgIpc) is 3.29. The van der Waals surface area contributed by atoms with Crippen LogP contribution in [0.5, 0.6) is 0 Å². The van der Waals surface area contributed by atoms with Crippen LogP contribution in [-0.2, 0) is 4.84 Å². The first kappa shape index (κ1) is 27.3. The highest BCUT2D eigenvalue weighted by atomic mass is 16.7. The van der Waals surface area contributed by atoms with E-state index in [9.17, 15) is 9.90 Å². The van der Waals surface area contributed by atoms with Crippen LogP contribution in [0.4, 0.5) is 0 Å². The van der Waals surface area contributed by atoms with Gasteiger partial charge in [0.1, 0.15) is 5.60 Å². The van der Waals surface area contributed by atoms with Gasteiger partial charge in [-0.2, -0.15) is 0 Å². The Balaban J connectivity index is 1.40. The van der Waals surface area contributed by atoms with Gasteiger partial charge in [-0.15, -0.1) is 0 Å². The highest BCUT2D eigenvalue weighted by molar-refractivity contribution is 5.94. The molecule has 2 spiro atoms. The second-order valence-corrected chi connectivity index (χ2v) is 14.7. The van der Waals surface area contributed by atoms with Crippen molar-refractivity contribution in [1.29, 1.82) is 0 Å². The third-order valence-electron chi connectivity index (χ3n) is 12.6. The van der Waals surface area contributed by atoms with Gasteiger partial charge < -0.3 is 5.11 Å². The smallest absolute Gasteiger partial charge is 0.278 e. The first-order valence-electron chi connectivity index (χ1n) is 15.6. The number of allylic oxidation sites excluding steroid dienone is 2. The van der Waals surface area contributed by atoms with Gasteiger partial charge in [-0.3, -0.25) is 9.63 Å². The lowest BCUT2D eigenvalue weighted by Gasteiger charge is -2.73. The van der Waals surface area contributed by atoms with Crippen molar-refractivity contribution in [3.05, 3.63) is 60.2 Å². The average molecular weight is 532 g/mol. The first-order chi connectivity index (χ1) is 18.5. The van der Waals surface area contributed by atoms with Gasteiger partial charge in [0.25, 0.3) is 5.91 Å². The van der Waals surface area contributed by atoms with Crippen LogP contribution in [0.25, 0.3) is 0 Å². The molecule has 0 aromatic heterocycles. The van der Waals surface area contributed by atoms with Crippen molar-refractivity contribution in [1.82, 2.24) is 5.06 Å². The fraction of sp³-hybridized carbons (Fsp3) is 0.686. The number of carbonyl (C=O) groups excluding carboxylic acids is 1. The highest BCUT2D eigenvalue weighted by Gasteiger charge is 2.76. The Morgan fingerprint density at radius 1 is 0.974 bits per heavy atom. The van der Waals surface area contributed by atoms with Gasteiger partial charge in [-0.25, -0.2) is 5.06 Å². The molecule has 2 aliphatic heterocycles. The van der Waals surface area contributed by atoms with Crippen LogP contribution in [0.2, 0.25) is 0 Å². The fourth-order valence-corrected chi connectivity index (χ4v) is 9.99. The number of hydrogen-bond donors (Lipinski definition) is 1. The number of carbonyl (C=O) groups is 1. The summed E-state index contributed by atoms with van der Waals surface area (Å²) in [4.78, 5) is 21.4. The second-order valence-electron chi connectivity index (χ2n) is 14.7. The maximum Gasteiger partial charge on any atom is 0.278 e. The Morgan fingerprint density at radius 2 is 1.72 bits per heavy atom. The molecule has 4 nitrogen and oxygen atoms in total. The maximum absolute atomic E-state index is 14.2. The number of benzene rings is 1. The Morgan fingerprint density at radius 3 is 2.44 bits per heavy atom. The minimum Gasteiger partial charge on any atom is -0.393 e. The molecule has 0 radical (unpaired) electrons. The summed E-state index contributed by atoms with van der Waals surface area (Å²) in [5.74, 6) is 3.02. The standard InChI is InChI=1S/C35H49NO3/c1-23(2)24(3)12-13-25(4)28-14-15-29-32(28,5)18-17-30-33(6)19-16-27(37)22-34(33)20-21-35(29,30)39-36(34)31(38)26-10-8-7-9-11-26/h7-13,20-21,23-25,27-30,37H,14-19,22H2,1-6H3/b13-12+/t24-,25+,27-,28+,29+,30+,32+,33+,34+,35-/m0/s1. The normalized spacial score (nSPS) is 44.3. The van der Waals surface area contributed by atoms with Crippen molar-refractivity contribution in [2.45, 2.75) is 104 Å². The fourth-order valence-electron chi connectivity index (χ4n) is 9.99. The van der Waals surface area contributed by atoms with Crippen LogP contribution < -0.4 is 0 Å². The number of hydroxylamine groups is 2. The quantitative estimate of drug-likeness (QED) is 0.398. The van der Waals surface area contributed by atoms with E-state index in [1.807, 2.05) is 30.3 Å². The van der Waals surface area contributed by atoms with Crippen LogP contribution in [0.1, 0.15) is 96.8 Å². The number of rotatable bonds is 5. The molecule has 0 unspecified atom stereocenters. The molecule has 1 N–H and O–H groups in total. The van der Waals surface area contributed by atoms with Gasteiger partial charge >= 0.3 is 0 Å². The zero-order valence-corrected chi connectivity index (χ0v) is 24.9. The van der Waals surface area contributed by atoms with E-state index in [0.717, 1.165) is 25.7 Å². The van der Waals surface area contributed by atoms with Gasteiger partial charge in [0, 0.05) is 29.2 Å². The molecule has 4 fully saturated rings. The van der Waals surface area contributed by atoms with E-state index in [1.165, 1.54) is 12.8 Å². The van der Waals surface area contributed by atoms with Crippen molar-refractivity contribution >= 4 is 5.91 Å². The maximum atomic E-state index is 14.2. The molecule has 1 aromatic carbocycles. The molecule has 39 heavy (non-hydrogen) atoms. The van der Waals surface area contributed by atoms with Crippen molar-refractivity contribution < 1.29 is 14.7 Å². The summed E-state index contributed by atoms with van der Waals surface area (Å²) >= 11 is 0. The van der Waals surface area contributed by atoms with E-state index in [-0.39, 0.29) is 16.7 Å². The summed E-state index contributed by atoms with van der Waals surface area (Å²) in [6, 6.07) is 9.58. The first-order valence-corrected chi connectivity index (χ1v) is 15.6. The number of aliphatic hydroxyl groups is 1. The lowest BCUT2D eigenvalue weighted by Crippen LogP contribution is -2.79. The lowest BCUT2D eigenvalue weighted by atomic mass is 9.41. The molecule has 212 valence electrons. The molecule has 2 heterocycles. The Bertz CT molecular complexity index is 1160. The van der Waals surface area contributed by atoms with Crippen LogP contribution in [0.15, 0.2) is 54.6 Å². The van der Waals surface area contributed by atoms with E-state index < -0.39 is 17.2 Å². The zero-order chi connectivity index (χ0) is 27.8. The predicted octanol–water partition coefficient (Wildman–Crippen LogP) is 7.60. The van der Waals surface area contributed by atoms with E-state index in [0.29, 0.717) is 47.5 Å². The van der Waals surface area contributed by atoms with Crippen LogP contribution >= 0.6 is 0 Å². The van der Waals surface area contributed by atoms with Crippen LogP contribution in [0.3, 0.4) is 0 Å². The molecule has 4 aliphatic carbocycles. The minimum atomic E-state index is -0.612. The van der Waals surface area contributed by atoms with Gasteiger partial charge in [0.15, 0.2) is 0 Å².